The average molecular weight is 376 g/mol. The summed E-state index contributed by atoms with van der Waals surface area (Å²) in [5, 5.41) is 14.2. The summed E-state index contributed by atoms with van der Waals surface area (Å²) < 4.78 is 1.80. The fourth-order valence-electron chi connectivity index (χ4n) is 3.46. The molecule has 3 aromatic rings. The van der Waals surface area contributed by atoms with Crippen molar-refractivity contribution in [3.05, 3.63) is 47.7 Å². The highest BCUT2D eigenvalue weighted by Crippen LogP contribution is 2.27. The van der Waals surface area contributed by atoms with E-state index in [0.29, 0.717) is 36.3 Å². The van der Waals surface area contributed by atoms with Gasteiger partial charge in [-0.2, -0.15) is 0 Å². The number of rotatable bonds is 4. The molecule has 1 saturated heterocycles. The maximum atomic E-state index is 12.4. The molecule has 142 valence electrons. The Labute approximate surface area is 161 Å². The molecule has 3 heterocycles. The Bertz CT molecular complexity index is 1100. The summed E-state index contributed by atoms with van der Waals surface area (Å²) in [4.78, 5) is 25.9. The number of carbonyl (C=O) groups is 2. The zero-order chi connectivity index (χ0) is 19.3. The zero-order valence-electron chi connectivity index (χ0n) is 15.5. The van der Waals surface area contributed by atoms with Gasteiger partial charge in [-0.1, -0.05) is 6.07 Å². The number of urea groups is 1. The van der Waals surface area contributed by atoms with Gasteiger partial charge in [-0.05, 0) is 60.7 Å². The standard InChI is InChI=1S/C20H20N6O2/c1-12-2-3-14(18(27)22-15-4-5-15)10-16(12)13-6-8-25-17(11-13)23-24-19(25)26-9-7-21-20(26)28/h2-3,6,8,10-11,15H,4-5,7,9H2,1H3,(H,21,28)(H,22,27). The maximum absolute atomic E-state index is 12.4. The summed E-state index contributed by atoms with van der Waals surface area (Å²) in [7, 11) is 0. The third-order valence-electron chi connectivity index (χ3n) is 5.21. The number of pyridine rings is 1. The second kappa shape index (κ2) is 6.33. The van der Waals surface area contributed by atoms with E-state index in [1.165, 1.54) is 0 Å². The number of amides is 3. The summed E-state index contributed by atoms with van der Waals surface area (Å²) in [5.74, 6) is 0.473. The molecule has 0 bridgehead atoms. The number of hydrogen-bond donors (Lipinski definition) is 2. The van der Waals surface area contributed by atoms with Crippen LogP contribution in [-0.4, -0.2) is 45.7 Å². The van der Waals surface area contributed by atoms with Gasteiger partial charge < -0.3 is 10.6 Å². The smallest absolute Gasteiger partial charge is 0.324 e. The molecule has 1 saturated carbocycles. The number of nitrogens with one attached hydrogen (secondary N) is 2. The highest BCUT2D eigenvalue weighted by atomic mass is 16.2. The van der Waals surface area contributed by atoms with Gasteiger partial charge >= 0.3 is 6.03 Å². The van der Waals surface area contributed by atoms with Gasteiger partial charge in [0.25, 0.3) is 5.91 Å². The Morgan fingerprint density at radius 1 is 1.21 bits per heavy atom. The van der Waals surface area contributed by atoms with Crippen molar-refractivity contribution in [2.45, 2.75) is 25.8 Å². The molecule has 2 aliphatic rings. The minimum absolute atomic E-state index is 0.0327. The van der Waals surface area contributed by atoms with Crippen LogP contribution in [0.1, 0.15) is 28.8 Å². The van der Waals surface area contributed by atoms with Crippen LogP contribution in [0.15, 0.2) is 36.5 Å². The van der Waals surface area contributed by atoms with Crippen LogP contribution in [0, 0.1) is 6.92 Å². The van der Waals surface area contributed by atoms with Crippen molar-refractivity contribution in [1.29, 1.82) is 0 Å². The molecule has 5 rings (SSSR count). The summed E-state index contributed by atoms with van der Waals surface area (Å²) in [6.07, 6.45) is 3.98. The Morgan fingerprint density at radius 3 is 2.82 bits per heavy atom. The fourth-order valence-corrected chi connectivity index (χ4v) is 3.46. The Kier molecular flexibility index (Phi) is 3.78. The summed E-state index contributed by atoms with van der Waals surface area (Å²) >= 11 is 0. The molecule has 3 amide bonds. The molecule has 1 aliphatic carbocycles. The first kappa shape index (κ1) is 16.7. The Hall–Kier alpha value is -3.42. The molecule has 0 atom stereocenters. The molecule has 0 spiro atoms. The van der Waals surface area contributed by atoms with Gasteiger partial charge in [0.15, 0.2) is 5.65 Å². The van der Waals surface area contributed by atoms with Crippen molar-refractivity contribution < 1.29 is 9.59 Å². The number of aromatic nitrogens is 3. The summed E-state index contributed by atoms with van der Waals surface area (Å²) in [6, 6.07) is 9.79. The molecule has 1 aromatic carbocycles. The quantitative estimate of drug-likeness (QED) is 0.730. The molecule has 2 fully saturated rings. The third kappa shape index (κ3) is 2.87. The van der Waals surface area contributed by atoms with E-state index in [0.717, 1.165) is 29.5 Å². The van der Waals surface area contributed by atoms with Crippen molar-refractivity contribution in [3.8, 4) is 11.1 Å². The molecule has 28 heavy (non-hydrogen) atoms. The SMILES string of the molecule is Cc1ccc(C(=O)NC2CC2)cc1-c1ccn2c(N3CCNC3=O)nnc2c1. The summed E-state index contributed by atoms with van der Waals surface area (Å²) in [6.45, 7) is 3.19. The van der Waals surface area contributed by atoms with Gasteiger partial charge in [-0.25, -0.2) is 4.79 Å². The molecule has 8 heteroatoms. The lowest BCUT2D eigenvalue weighted by molar-refractivity contribution is 0.0951. The first-order valence-electron chi connectivity index (χ1n) is 9.42. The topological polar surface area (TPSA) is 91.6 Å². The number of benzene rings is 1. The summed E-state index contributed by atoms with van der Waals surface area (Å²) in [5.41, 5.74) is 4.32. The lowest BCUT2D eigenvalue weighted by Crippen LogP contribution is -2.29. The average Bonchev–Trinajstić information content (AvgIpc) is 3.25. The van der Waals surface area contributed by atoms with E-state index < -0.39 is 0 Å². The van der Waals surface area contributed by atoms with Crippen LogP contribution in [0.3, 0.4) is 0 Å². The monoisotopic (exact) mass is 376 g/mol. The zero-order valence-corrected chi connectivity index (χ0v) is 15.5. The fraction of sp³-hybridized carbons (Fsp3) is 0.300. The van der Waals surface area contributed by atoms with Gasteiger partial charge in [0.05, 0.1) is 0 Å². The van der Waals surface area contributed by atoms with E-state index in [1.807, 2.05) is 43.5 Å². The number of nitrogens with zero attached hydrogens (tertiary/aromatic N) is 4. The number of aryl methyl sites for hydroxylation is 1. The van der Waals surface area contributed by atoms with Crippen molar-refractivity contribution in [3.63, 3.8) is 0 Å². The molecule has 8 nitrogen and oxygen atoms in total. The van der Waals surface area contributed by atoms with E-state index in [-0.39, 0.29) is 11.9 Å². The van der Waals surface area contributed by atoms with Gasteiger partial charge in [0.2, 0.25) is 5.95 Å². The molecule has 1 aliphatic heterocycles. The largest absolute Gasteiger partial charge is 0.349 e. The van der Waals surface area contributed by atoms with Crippen LogP contribution in [-0.2, 0) is 0 Å². The molecule has 0 radical (unpaired) electrons. The number of carbonyl (C=O) groups excluding carboxylic acids is 2. The van der Waals surface area contributed by atoms with Gasteiger partial charge in [-0.15, -0.1) is 10.2 Å². The van der Waals surface area contributed by atoms with Crippen LogP contribution in [0.2, 0.25) is 0 Å². The van der Waals surface area contributed by atoms with Crippen molar-refractivity contribution in [2.75, 3.05) is 18.0 Å². The normalized spacial score (nSPS) is 16.5. The minimum Gasteiger partial charge on any atom is -0.349 e. The lowest BCUT2D eigenvalue weighted by Gasteiger charge is -2.12. The maximum Gasteiger partial charge on any atom is 0.324 e. The first-order valence-corrected chi connectivity index (χ1v) is 9.42. The predicted molar refractivity (Wildman–Crippen MR) is 104 cm³/mol. The molecule has 2 N–H and O–H groups in total. The van der Waals surface area contributed by atoms with Crippen LogP contribution in [0.5, 0.6) is 0 Å². The predicted octanol–water partition coefficient (Wildman–Crippen LogP) is 2.13. The third-order valence-corrected chi connectivity index (χ3v) is 5.21. The Morgan fingerprint density at radius 2 is 2.07 bits per heavy atom. The van der Waals surface area contributed by atoms with Gasteiger partial charge in [-0.3, -0.25) is 14.1 Å². The lowest BCUT2D eigenvalue weighted by atomic mass is 9.98. The van der Waals surface area contributed by atoms with Gasteiger partial charge in [0, 0.05) is 30.9 Å². The van der Waals surface area contributed by atoms with E-state index in [1.54, 1.807) is 9.30 Å². The van der Waals surface area contributed by atoms with Crippen LogP contribution < -0.4 is 15.5 Å². The molecular formula is C20H20N6O2. The van der Waals surface area contributed by atoms with Crippen molar-refractivity contribution in [1.82, 2.24) is 25.2 Å². The number of fused-ring (bicyclic) bond motifs is 1. The van der Waals surface area contributed by atoms with Crippen LogP contribution in [0.4, 0.5) is 10.7 Å². The highest BCUT2D eigenvalue weighted by molar-refractivity contribution is 5.96. The van der Waals surface area contributed by atoms with E-state index in [9.17, 15) is 9.59 Å². The first-order chi connectivity index (χ1) is 13.6. The van der Waals surface area contributed by atoms with Crippen molar-refractivity contribution in [2.24, 2.45) is 0 Å². The second-order valence-electron chi connectivity index (χ2n) is 7.30. The van der Waals surface area contributed by atoms with Crippen LogP contribution >= 0.6 is 0 Å². The van der Waals surface area contributed by atoms with Crippen LogP contribution in [0.25, 0.3) is 16.8 Å². The number of anilines is 1. The van der Waals surface area contributed by atoms with E-state index in [4.69, 9.17) is 0 Å². The molecule has 0 unspecified atom stereocenters. The Balaban J connectivity index is 1.50. The molecular weight excluding hydrogens is 356 g/mol. The number of hydrogen-bond acceptors (Lipinski definition) is 4. The minimum atomic E-state index is -0.163. The molecule has 2 aromatic heterocycles. The highest BCUT2D eigenvalue weighted by Gasteiger charge is 2.26. The van der Waals surface area contributed by atoms with E-state index >= 15 is 0 Å². The van der Waals surface area contributed by atoms with Crippen molar-refractivity contribution >= 4 is 23.5 Å². The van der Waals surface area contributed by atoms with E-state index in [2.05, 4.69) is 20.8 Å². The second-order valence-corrected chi connectivity index (χ2v) is 7.30. The van der Waals surface area contributed by atoms with Gasteiger partial charge in [0.1, 0.15) is 0 Å².